The molecule has 3 nitrogen and oxygen atoms in total. The number of carbonyl (C=O) groups is 1. The number of hydrogen-bond donors (Lipinski definition) is 2. The predicted octanol–water partition coefficient (Wildman–Crippen LogP) is 2.90. The summed E-state index contributed by atoms with van der Waals surface area (Å²) in [6.45, 7) is 6.38. The lowest BCUT2D eigenvalue weighted by Gasteiger charge is -2.30. The summed E-state index contributed by atoms with van der Waals surface area (Å²) in [6, 6.07) is 6.56. The smallest absolute Gasteiger partial charge is 0.220 e. The summed E-state index contributed by atoms with van der Waals surface area (Å²) in [7, 11) is 0. The molecule has 0 heterocycles. The fourth-order valence-corrected chi connectivity index (χ4v) is 3.41. The molecule has 0 spiro atoms. The van der Waals surface area contributed by atoms with E-state index < -0.39 is 0 Å². The van der Waals surface area contributed by atoms with E-state index >= 15 is 0 Å². The van der Waals surface area contributed by atoms with E-state index in [0.29, 0.717) is 6.42 Å². The van der Waals surface area contributed by atoms with Crippen LogP contribution in [0.3, 0.4) is 0 Å². The maximum atomic E-state index is 12.2. The van der Waals surface area contributed by atoms with Gasteiger partial charge in [0.25, 0.3) is 0 Å². The molecule has 1 aliphatic carbocycles. The van der Waals surface area contributed by atoms with Crippen molar-refractivity contribution in [2.75, 3.05) is 6.61 Å². The molecular weight excluding hydrogens is 262 g/mol. The number of rotatable bonds is 5. The fraction of sp³-hybridized carbons (Fsp3) is 0.611. The van der Waals surface area contributed by atoms with Gasteiger partial charge in [-0.3, -0.25) is 4.79 Å². The zero-order valence-electron chi connectivity index (χ0n) is 13.4. The first-order chi connectivity index (χ1) is 9.93. The molecule has 0 radical (unpaired) electrons. The molecule has 0 aromatic heterocycles. The van der Waals surface area contributed by atoms with Gasteiger partial charge in [0.15, 0.2) is 0 Å². The van der Waals surface area contributed by atoms with E-state index in [1.54, 1.807) is 0 Å². The molecule has 1 aromatic rings. The number of aryl methyl sites for hydroxylation is 3. The van der Waals surface area contributed by atoms with Gasteiger partial charge in [-0.2, -0.15) is 0 Å². The average molecular weight is 289 g/mol. The van der Waals surface area contributed by atoms with Crippen molar-refractivity contribution in [3.05, 3.63) is 34.9 Å². The first kappa shape index (κ1) is 16.0. The highest BCUT2D eigenvalue weighted by Crippen LogP contribution is 2.37. The van der Waals surface area contributed by atoms with E-state index in [4.69, 9.17) is 0 Å². The Bertz CT molecular complexity index is 492. The van der Waals surface area contributed by atoms with Crippen molar-refractivity contribution in [3.63, 3.8) is 0 Å². The van der Waals surface area contributed by atoms with Gasteiger partial charge in [0.1, 0.15) is 0 Å². The largest absolute Gasteiger partial charge is 0.396 e. The van der Waals surface area contributed by atoms with Crippen LogP contribution in [0, 0.1) is 19.3 Å². The molecule has 2 rings (SSSR count). The number of nitrogens with one attached hydrogen (secondary N) is 1. The summed E-state index contributed by atoms with van der Waals surface area (Å²) in [5, 5.41) is 12.6. The lowest BCUT2D eigenvalue weighted by molar-refractivity contribution is -0.122. The Morgan fingerprint density at radius 1 is 1.33 bits per heavy atom. The quantitative estimate of drug-likeness (QED) is 0.875. The first-order valence-electron chi connectivity index (χ1n) is 7.90. The maximum absolute atomic E-state index is 12.2. The summed E-state index contributed by atoms with van der Waals surface area (Å²) in [6.07, 6.45) is 4.34. The zero-order chi connectivity index (χ0) is 15.5. The van der Waals surface area contributed by atoms with Gasteiger partial charge < -0.3 is 10.4 Å². The van der Waals surface area contributed by atoms with Crippen LogP contribution in [0.1, 0.15) is 49.3 Å². The predicted molar refractivity (Wildman–Crippen MR) is 85.2 cm³/mol. The van der Waals surface area contributed by atoms with Gasteiger partial charge in [0, 0.05) is 17.9 Å². The second kappa shape index (κ2) is 6.61. The van der Waals surface area contributed by atoms with Crippen molar-refractivity contribution in [2.45, 2.75) is 58.9 Å². The van der Waals surface area contributed by atoms with Gasteiger partial charge >= 0.3 is 0 Å². The Hall–Kier alpha value is -1.35. The fourth-order valence-electron chi connectivity index (χ4n) is 3.41. The standard InChI is InChI=1S/C18H27NO2/c1-13-9-14(2)11-15(10-13)6-7-17(21)19-16-5-4-8-18(16,3)12-20/h9-11,16,20H,4-8,12H2,1-3H3,(H,19,21). The van der Waals surface area contributed by atoms with Crippen LogP contribution < -0.4 is 5.32 Å². The molecule has 1 amide bonds. The van der Waals surface area contributed by atoms with Gasteiger partial charge in [-0.15, -0.1) is 0 Å². The molecule has 1 aromatic carbocycles. The number of carbonyl (C=O) groups excluding carboxylic acids is 1. The number of benzene rings is 1. The van der Waals surface area contributed by atoms with Crippen molar-refractivity contribution in [1.29, 1.82) is 0 Å². The molecule has 0 bridgehead atoms. The van der Waals surface area contributed by atoms with Crippen LogP contribution in [0.15, 0.2) is 18.2 Å². The molecule has 1 aliphatic rings. The monoisotopic (exact) mass is 289 g/mol. The minimum atomic E-state index is -0.143. The summed E-state index contributed by atoms with van der Waals surface area (Å²) < 4.78 is 0. The molecule has 2 atom stereocenters. The SMILES string of the molecule is Cc1cc(C)cc(CCC(=O)NC2CCCC2(C)CO)c1. The van der Waals surface area contributed by atoms with Crippen LogP contribution in [-0.2, 0) is 11.2 Å². The molecule has 3 heteroatoms. The van der Waals surface area contributed by atoms with Crippen LogP contribution in [0.2, 0.25) is 0 Å². The van der Waals surface area contributed by atoms with Crippen LogP contribution in [0.25, 0.3) is 0 Å². The van der Waals surface area contributed by atoms with Gasteiger partial charge in [-0.25, -0.2) is 0 Å². The maximum Gasteiger partial charge on any atom is 0.220 e. The molecule has 2 unspecified atom stereocenters. The first-order valence-corrected chi connectivity index (χ1v) is 7.90. The Kier molecular flexibility index (Phi) is 5.04. The zero-order valence-corrected chi connectivity index (χ0v) is 13.4. The molecule has 1 fully saturated rings. The topological polar surface area (TPSA) is 49.3 Å². The van der Waals surface area contributed by atoms with Crippen molar-refractivity contribution >= 4 is 5.91 Å². The highest BCUT2D eigenvalue weighted by molar-refractivity contribution is 5.76. The third kappa shape index (κ3) is 4.07. The summed E-state index contributed by atoms with van der Waals surface area (Å²) >= 11 is 0. The van der Waals surface area contributed by atoms with E-state index in [2.05, 4.69) is 44.3 Å². The third-order valence-corrected chi connectivity index (χ3v) is 4.70. The average Bonchev–Trinajstić information content (AvgIpc) is 2.78. The highest BCUT2D eigenvalue weighted by Gasteiger charge is 2.38. The number of hydrogen-bond acceptors (Lipinski definition) is 2. The van der Waals surface area contributed by atoms with Crippen molar-refractivity contribution in [3.8, 4) is 0 Å². The Morgan fingerprint density at radius 2 is 2.00 bits per heavy atom. The number of amides is 1. The summed E-state index contributed by atoms with van der Waals surface area (Å²) in [4.78, 5) is 12.2. The Morgan fingerprint density at radius 3 is 2.62 bits per heavy atom. The summed E-state index contributed by atoms with van der Waals surface area (Å²) in [5.41, 5.74) is 3.57. The van der Waals surface area contributed by atoms with Gasteiger partial charge in [-0.05, 0) is 38.7 Å². The van der Waals surface area contributed by atoms with Crippen LogP contribution in [0.4, 0.5) is 0 Å². The van der Waals surface area contributed by atoms with Crippen molar-refractivity contribution in [1.82, 2.24) is 5.32 Å². The minimum absolute atomic E-state index is 0.0979. The Labute approximate surface area is 127 Å². The van der Waals surface area contributed by atoms with Gasteiger partial charge in [-0.1, -0.05) is 42.7 Å². The normalized spacial score (nSPS) is 25.0. The van der Waals surface area contributed by atoms with E-state index in [0.717, 1.165) is 25.7 Å². The van der Waals surface area contributed by atoms with Crippen molar-refractivity contribution in [2.24, 2.45) is 5.41 Å². The Balaban J connectivity index is 1.87. The molecule has 0 saturated heterocycles. The molecule has 2 N–H and O–H groups in total. The van der Waals surface area contributed by atoms with Crippen LogP contribution in [-0.4, -0.2) is 23.7 Å². The van der Waals surface area contributed by atoms with Crippen LogP contribution >= 0.6 is 0 Å². The summed E-state index contributed by atoms with van der Waals surface area (Å²) in [5.74, 6) is 0.0979. The third-order valence-electron chi connectivity index (χ3n) is 4.70. The van der Waals surface area contributed by atoms with Crippen LogP contribution in [0.5, 0.6) is 0 Å². The van der Waals surface area contributed by atoms with Gasteiger partial charge in [0.05, 0.1) is 6.61 Å². The van der Waals surface area contributed by atoms with E-state index in [1.807, 2.05) is 0 Å². The van der Waals surface area contributed by atoms with Gasteiger partial charge in [0.2, 0.25) is 5.91 Å². The molecule has 21 heavy (non-hydrogen) atoms. The lowest BCUT2D eigenvalue weighted by Crippen LogP contribution is -2.44. The van der Waals surface area contributed by atoms with E-state index in [1.165, 1.54) is 16.7 Å². The highest BCUT2D eigenvalue weighted by atomic mass is 16.3. The molecular formula is C18H27NO2. The molecule has 1 saturated carbocycles. The second-order valence-electron chi connectivity index (χ2n) is 6.82. The second-order valence-corrected chi connectivity index (χ2v) is 6.82. The molecule has 116 valence electrons. The van der Waals surface area contributed by atoms with Crippen molar-refractivity contribution < 1.29 is 9.90 Å². The number of aliphatic hydroxyl groups is 1. The lowest BCUT2D eigenvalue weighted by atomic mass is 9.85. The van der Waals surface area contributed by atoms with E-state index in [-0.39, 0.29) is 24.0 Å². The van der Waals surface area contributed by atoms with E-state index in [9.17, 15) is 9.90 Å². The molecule has 0 aliphatic heterocycles. The number of aliphatic hydroxyl groups excluding tert-OH is 1. The minimum Gasteiger partial charge on any atom is -0.396 e.